The first-order valence-corrected chi connectivity index (χ1v) is 5.39. The second kappa shape index (κ2) is 3.86. The molecule has 0 N–H and O–H groups in total. The van der Waals surface area contributed by atoms with Gasteiger partial charge in [0.15, 0.2) is 0 Å². The molecule has 0 aromatic rings. The van der Waals surface area contributed by atoms with Crippen molar-refractivity contribution in [2.24, 2.45) is 0 Å². The molecule has 0 radical (unpaired) electrons. The highest BCUT2D eigenvalue weighted by atomic mass is 127. The van der Waals surface area contributed by atoms with Crippen molar-refractivity contribution in [1.82, 2.24) is 6.23 Å². The first kappa shape index (κ1) is 9.47. The predicted molar refractivity (Wildman–Crippen MR) is 60.4 cm³/mol. The molecule has 0 aromatic heterocycles. The zero-order chi connectivity index (χ0) is 7.72. The van der Waals surface area contributed by atoms with Crippen LogP contribution in [-0.4, -0.2) is 31.4 Å². The lowest BCUT2D eigenvalue weighted by Crippen LogP contribution is -2.48. The highest BCUT2D eigenvalue weighted by Crippen LogP contribution is 2.20. The van der Waals surface area contributed by atoms with E-state index >= 15 is 0 Å². The Kier molecular flexibility index (Phi) is 3.66. The molecule has 10 heavy (non-hydrogen) atoms. The summed E-state index contributed by atoms with van der Waals surface area (Å²) in [4.78, 5) is 0. The summed E-state index contributed by atoms with van der Waals surface area (Å²) < 4.78 is 4.77. The first-order valence-electron chi connectivity index (χ1n) is 3.46. The van der Waals surface area contributed by atoms with Gasteiger partial charge in [0, 0.05) is 70.9 Å². The Balaban J connectivity index is 2.46. The van der Waals surface area contributed by atoms with Gasteiger partial charge >= 0.3 is 0 Å². The molecule has 1 heterocycles. The Hall–Kier alpha value is 1.38. The summed E-state index contributed by atoms with van der Waals surface area (Å²) in [6.07, 6.45) is 0. The molecule has 0 spiro atoms. The van der Waals surface area contributed by atoms with Crippen LogP contribution in [0.3, 0.4) is 0 Å². The average molecular weight is 366 g/mol. The molecule has 1 aliphatic heterocycles. The largest absolute Gasteiger partial charge is 0.242 e. The van der Waals surface area contributed by atoms with Crippen LogP contribution in [0.4, 0.5) is 0 Å². The quantitative estimate of drug-likeness (QED) is 0.479. The maximum atomic E-state index is 2.41. The number of nitrogens with zero attached hydrogens (tertiary/aromatic N) is 2. The SMILES string of the molecule is C[C@H]1CN(I)[C@@H](C)CN1I. The van der Waals surface area contributed by atoms with Gasteiger partial charge in [0.25, 0.3) is 0 Å². The van der Waals surface area contributed by atoms with E-state index in [4.69, 9.17) is 0 Å². The Morgan fingerprint density at radius 3 is 1.60 bits per heavy atom. The van der Waals surface area contributed by atoms with Gasteiger partial charge in [-0.3, -0.25) is 0 Å². The lowest BCUT2D eigenvalue weighted by molar-refractivity contribution is 0.218. The highest BCUT2D eigenvalue weighted by Gasteiger charge is 2.25. The molecule has 0 aliphatic carbocycles. The van der Waals surface area contributed by atoms with E-state index in [2.05, 4.69) is 65.8 Å². The fraction of sp³-hybridized carbons (Fsp3) is 1.00. The van der Waals surface area contributed by atoms with Crippen LogP contribution in [0, 0.1) is 0 Å². The number of rotatable bonds is 0. The summed E-state index contributed by atoms with van der Waals surface area (Å²) in [5.41, 5.74) is 0. The van der Waals surface area contributed by atoms with E-state index in [0.717, 1.165) is 0 Å². The van der Waals surface area contributed by atoms with Gasteiger partial charge in [0.2, 0.25) is 0 Å². The van der Waals surface area contributed by atoms with Gasteiger partial charge in [-0.1, -0.05) is 0 Å². The molecule has 1 rings (SSSR count). The van der Waals surface area contributed by atoms with Crippen molar-refractivity contribution in [2.45, 2.75) is 25.9 Å². The molecule has 0 amide bonds. The van der Waals surface area contributed by atoms with E-state index in [0.29, 0.717) is 12.1 Å². The van der Waals surface area contributed by atoms with Gasteiger partial charge in [-0.2, -0.15) is 0 Å². The summed E-state index contributed by atoms with van der Waals surface area (Å²) in [7, 11) is 0. The molecular formula is C6H12I2N2. The second-order valence-electron chi connectivity index (χ2n) is 2.86. The highest BCUT2D eigenvalue weighted by molar-refractivity contribution is 14.1. The van der Waals surface area contributed by atoms with Gasteiger partial charge < -0.3 is 0 Å². The summed E-state index contributed by atoms with van der Waals surface area (Å²) >= 11 is 4.82. The number of hydrogen-bond donors (Lipinski definition) is 0. The fourth-order valence-electron chi connectivity index (χ4n) is 1.04. The zero-order valence-corrected chi connectivity index (χ0v) is 10.5. The zero-order valence-electron chi connectivity index (χ0n) is 6.22. The van der Waals surface area contributed by atoms with Gasteiger partial charge in [-0.15, -0.1) is 0 Å². The van der Waals surface area contributed by atoms with E-state index in [-0.39, 0.29) is 0 Å². The molecule has 1 fully saturated rings. The Morgan fingerprint density at radius 2 is 1.30 bits per heavy atom. The molecule has 2 atom stereocenters. The molecular weight excluding hydrogens is 354 g/mol. The molecule has 1 saturated heterocycles. The van der Waals surface area contributed by atoms with Crippen molar-refractivity contribution in [1.29, 1.82) is 0 Å². The lowest BCUT2D eigenvalue weighted by Gasteiger charge is -2.37. The third-order valence-electron chi connectivity index (χ3n) is 1.83. The van der Waals surface area contributed by atoms with Crippen LogP contribution < -0.4 is 0 Å². The Bertz CT molecular complexity index is 94.3. The minimum Gasteiger partial charge on any atom is -0.242 e. The molecule has 0 saturated carbocycles. The summed E-state index contributed by atoms with van der Waals surface area (Å²) in [6, 6.07) is 1.40. The standard InChI is InChI=1S/C6H12I2N2/c1-5-3-10(8)6(2)4-9(5)7/h5-6H,3-4H2,1-2H3/t5-,6-/m0/s1. The van der Waals surface area contributed by atoms with Crippen LogP contribution in [0.2, 0.25) is 0 Å². The van der Waals surface area contributed by atoms with Gasteiger partial charge in [0.1, 0.15) is 0 Å². The second-order valence-corrected chi connectivity index (χ2v) is 5.34. The third-order valence-corrected chi connectivity index (χ3v) is 4.52. The molecule has 60 valence electrons. The molecule has 4 heteroatoms. The predicted octanol–water partition coefficient (Wildman–Crippen LogP) is 2.08. The molecule has 0 bridgehead atoms. The first-order chi connectivity index (χ1) is 4.61. The van der Waals surface area contributed by atoms with Crippen molar-refractivity contribution >= 4 is 45.7 Å². The maximum absolute atomic E-state index is 2.41. The normalized spacial score (nSPS) is 38.4. The van der Waals surface area contributed by atoms with Crippen LogP contribution >= 0.6 is 45.7 Å². The summed E-state index contributed by atoms with van der Waals surface area (Å²) in [5.74, 6) is 0. The smallest absolute Gasteiger partial charge is 0.0302 e. The van der Waals surface area contributed by atoms with E-state index in [1.54, 1.807) is 0 Å². The van der Waals surface area contributed by atoms with Crippen LogP contribution in [0.1, 0.15) is 13.8 Å². The fourth-order valence-corrected chi connectivity index (χ4v) is 2.53. The van der Waals surface area contributed by atoms with Gasteiger partial charge in [-0.05, 0) is 13.8 Å². The molecule has 0 aromatic carbocycles. The number of halogens is 2. The topological polar surface area (TPSA) is 6.48 Å². The summed E-state index contributed by atoms with van der Waals surface area (Å²) in [6.45, 7) is 6.91. The molecule has 1 aliphatic rings. The maximum Gasteiger partial charge on any atom is 0.0302 e. The van der Waals surface area contributed by atoms with E-state index < -0.39 is 0 Å². The average Bonchev–Trinajstić information content (AvgIpc) is 1.84. The van der Waals surface area contributed by atoms with Crippen LogP contribution in [0.25, 0.3) is 0 Å². The van der Waals surface area contributed by atoms with Gasteiger partial charge in [-0.25, -0.2) is 6.23 Å². The lowest BCUT2D eigenvalue weighted by atomic mass is 10.2. The van der Waals surface area contributed by atoms with Gasteiger partial charge in [0.05, 0.1) is 0 Å². The molecule has 2 nitrogen and oxygen atoms in total. The van der Waals surface area contributed by atoms with Crippen LogP contribution in [0.5, 0.6) is 0 Å². The minimum atomic E-state index is 0.702. The Labute approximate surface area is 90.3 Å². The van der Waals surface area contributed by atoms with E-state index in [1.165, 1.54) is 13.1 Å². The Morgan fingerprint density at radius 1 is 1.00 bits per heavy atom. The summed E-state index contributed by atoms with van der Waals surface area (Å²) in [5, 5.41) is 0. The molecule has 0 unspecified atom stereocenters. The van der Waals surface area contributed by atoms with E-state index in [9.17, 15) is 0 Å². The van der Waals surface area contributed by atoms with Crippen molar-refractivity contribution in [3.05, 3.63) is 0 Å². The third kappa shape index (κ3) is 2.18. The number of hydrogen-bond acceptors (Lipinski definition) is 2. The van der Waals surface area contributed by atoms with Crippen molar-refractivity contribution < 1.29 is 0 Å². The van der Waals surface area contributed by atoms with Crippen LogP contribution in [0.15, 0.2) is 0 Å². The van der Waals surface area contributed by atoms with Crippen molar-refractivity contribution in [3.63, 3.8) is 0 Å². The number of piperazine rings is 1. The van der Waals surface area contributed by atoms with E-state index in [1.807, 2.05) is 0 Å². The van der Waals surface area contributed by atoms with Crippen LogP contribution in [-0.2, 0) is 0 Å². The minimum absolute atomic E-state index is 0.702. The monoisotopic (exact) mass is 366 g/mol. The van der Waals surface area contributed by atoms with Crippen molar-refractivity contribution in [3.8, 4) is 0 Å². The van der Waals surface area contributed by atoms with Crippen molar-refractivity contribution in [2.75, 3.05) is 13.1 Å².